The largest absolute Gasteiger partial charge is 0.507 e. The van der Waals surface area contributed by atoms with Crippen LogP contribution in [0.3, 0.4) is 0 Å². The summed E-state index contributed by atoms with van der Waals surface area (Å²) in [5.41, 5.74) is 6.86. The van der Waals surface area contributed by atoms with E-state index in [1.165, 1.54) is 25.1 Å². The lowest BCUT2D eigenvalue weighted by Gasteiger charge is -2.06. The fourth-order valence-corrected chi connectivity index (χ4v) is 1.51. The van der Waals surface area contributed by atoms with Gasteiger partial charge in [0.15, 0.2) is 0 Å². The van der Waals surface area contributed by atoms with Crippen molar-refractivity contribution in [3.05, 3.63) is 59.4 Å². The third-order valence-corrected chi connectivity index (χ3v) is 2.64. The predicted molar refractivity (Wildman–Crippen MR) is 76.7 cm³/mol. The molecule has 0 amide bonds. The average molecular weight is 270 g/mol. The number of nitrogen functional groups attached to an aromatic ring is 1. The standard InChI is InChI=1S/C15H14N2O3/c1-3-14(18)12(15(19)20)6-9(2)10-4-5-13(17)11(7-10)8-16/h3-7,18H,2,17H2,1H3,(H,19,20)/b12-6+,14-3+. The summed E-state index contributed by atoms with van der Waals surface area (Å²) >= 11 is 0. The van der Waals surface area contributed by atoms with Crippen molar-refractivity contribution in [3.8, 4) is 6.07 Å². The number of carboxylic acids is 1. The third kappa shape index (κ3) is 3.27. The van der Waals surface area contributed by atoms with Crippen molar-refractivity contribution in [2.45, 2.75) is 6.92 Å². The van der Waals surface area contributed by atoms with Crippen LogP contribution in [0.25, 0.3) is 5.57 Å². The summed E-state index contributed by atoms with van der Waals surface area (Å²) in [5.74, 6) is -1.62. The SMILES string of the molecule is C=C(/C=C(C(=O)O)\C(O)=C/C)c1ccc(N)c(C#N)c1. The van der Waals surface area contributed by atoms with Gasteiger partial charge in [0.1, 0.15) is 17.4 Å². The molecule has 0 aliphatic rings. The topological polar surface area (TPSA) is 107 Å². The zero-order chi connectivity index (χ0) is 15.3. The van der Waals surface area contributed by atoms with Crippen LogP contribution in [-0.2, 0) is 4.79 Å². The second-order valence-electron chi connectivity index (χ2n) is 3.98. The smallest absolute Gasteiger partial charge is 0.339 e. The molecule has 0 saturated carbocycles. The average Bonchev–Trinajstić information content (AvgIpc) is 2.43. The molecular weight excluding hydrogens is 256 g/mol. The Morgan fingerprint density at radius 3 is 2.60 bits per heavy atom. The van der Waals surface area contributed by atoms with Gasteiger partial charge in [-0.15, -0.1) is 0 Å². The van der Waals surface area contributed by atoms with E-state index in [0.717, 1.165) is 0 Å². The van der Waals surface area contributed by atoms with Gasteiger partial charge in [-0.25, -0.2) is 4.79 Å². The molecule has 20 heavy (non-hydrogen) atoms. The molecule has 0 fully saturated rings. The second kappa shape index (κ2) is 6.25. The number of nitrogens with two attached hydrogens (primary N) is 1. The van der Waals surface area contributed by atoms with Crippen LogP contribution in [-0.4, -0.2) is 16.2 Å². The third-order valence-electron chi connectivity index (χ3n) is 2.64. The lowest BCUT2D eigenvalue weighted by Crippen LogP contribution is -2.03. The van der Waals surface area contributed by atoms with Crippen molar-refractivity contribution >= 4 is 17.2 Å². The number of carboxylic acid groups (broad SMARTS) is 1. The highest BCUT2D eigenvalue weighted by Crippen LogP contribution is 2.22. The Balaban J connectivity index is 3.25. The number of aliphatic carboxylic acids is 1. The Kier molecular flexibility index (Phi) is 4.71. The van der Waals surface area contributed by atoms with E-state index in [0.29, 0.717) is 16.8 Å². The van der Waals surface area contributed by atoms with Gasteiger partial charge in [-0.2, -0.15) is 5.26 Å². The van der Waals surface area contributed by atoms with Gasteiger partial charge in [0.2, 0.25) is 0 Å². The van der Waals surface area contributed by atoms with Gasteiger partial charge in [-0.1, -0.05) is 12.6 Å². The molecule has 0 saturated heterocycles. The molecule has 0 aliphatic carbocycles. The minimum absolute atomic E-state index is 0.271. The molecule has 102 valence electrons. The van der Waals surface area contributed by atoms with Crippen molar-refractivity contribution in [1.29, 1.82) is 5.26 Å². The van der Waals surface area contributed by atoms with Crippen molar-refractivity contribution in [2.75, 3.05) is 5.73 Å². The minimum atomic E-state index is -1.27. The number of rotatable bonds is 4. The maximum absolute atomic E-state index is 11.1. The first-order valence-corrected chi connectivity index (χ1v) is 5.70. The molecule has 4 N–H and O–H groups in total. The summed E-state index contributed by atoms with van der Waals surface area (Å²) in [5, 5.41) is 27.5. The van der Waals surface area contributed by atoms with E-state index in [2.05, 4.69) is 6.58 Å². The van der Waals surface area contributed by atoms with Crippen LogP contribution in [0.4, 0.5) is 5.69 Å². The van der Waals surface area contributed by atoms with E-state index in [-0.39, 0.29) is 16.9 Å². The van der Waals surface area contributed by atoms with Crippen LogP contribution in [0.5, 0.6) is 0 Å². The van der Waals surface area contributed by atoms with Crippen molar-refractivity contribution in [1.82, 2.24) is 0 Å². The van der Waals surface area contributed by atoms with Gasteiger partial charge < -0.3 is 15.9 Å². The fraction of sp³-hybridized carbons (Fsp3) is 0.0667. The van der Waals surface area contributed by atoms with Crippen molar-refractivity contribution < 1.29 is 15.0 Å². The molecule has 1 aromatic rings. The zero-order valence-corrected chi connectivity index (χ0v) is 10.9. The van der Waals surface area contributed by atoms with Crippen LogP contribution in [0.1, 0.15) is 18.1 Å². The molecule has 1 rings (SSSR count). The first-order valence-electron chi connectivity index (χ1n) is 5.70. The van der Waals surface area contributed by atoms with Crippen LogP contribution in [0.2, 0.25) is 0 Å². The molecule has 0 aliphatic heterocycles. The quantitative estimate of drug-likeness (QED) is 0.337. The summed E-state index contributed by atoms with van der Waals surface area (Å²) in [6, 6.07) is 6.62. The number of hydrogen-bond acceptors (Lipinski definition) is 4. The minimum Gasteiger partial charge on any atom is -0.507 e. The number of allylic oxidation sites excluding steroid dienone is 3. The highest BCUT2D eigenvalue weighted by atomic mass is 16.4. The van der Waals surface area contributed by atoms with E-state index in [4.69, 9.17) is 16.1 Å². The number of benzene rings is 1. The molecule has 0 radical (unpaired) electrons. The molecule has 1 aromatic carbocycles. The molecule has 0 unspecified atom stereocenters. The van der Waals surface area contributed by atoms with Gasteiger partial charge in [0.25, 0.3) is 0 Å². The molecule has 0 atom stereocenters. The Hall–Kier alpha value is -3.00. The summed E-state index contributed by atoms with van der Waals surface area (Å²) in [6.45, 7) is 5.26. The van der Waals surface area contributed by atoms with E-state index >= 15 is 0 Å². The summed E-state index contributed by atoms with van der Waals surface area (Å²) < 4.78 is 0. The van der Waals surface area contributed by atoms with Gasteiger partial charge in [0, 0.05) is 5.69 Å². The number of anilines is 1. The fourth-order valence-electron chi connectivity index (χ4n) is 1.51. The highest BCUT2D eigenvalue weighted by Gasteiger charge is 2.12. The monoisotopic (exact) mass is 270 g/mol. The first-order chi connectivity index (χ1) is 9.40. The normalized spacial score (nSPS) is 11.8. The molecule has 0 bridgehead atoms. The number of nitrogens with zero attached hydrogens (tertiary/aromatic N) is 1. The van der Waals surface area contributed by atoms with Gasteiger partial charge in [0.05, 0.1) is 5.56 Å². The van der Waals surface area contributed by atoms with Crippen LogP contribution in [0, 0.1) is 11.3 Å². The molecule has 0 spiro atoms. The number of hydrogen-bond donors (Lipinski definition) is 3. The Morgan fingerprint density at radius 2 is 2.10 bits per heavy atom. The Labute approximate surface area is 116 Å². The van der Waals surface area contributed by atoms with Crippen LogP contribution < -0.4 is 5.73 Å². The number of aliphatic hydroxyl groups excluding tert-OH is 1. The number of carbonyl (C=O) groups is 1. The molecule has 0 heterocycles. The molecule has 5 nitrogen and oxygen atoms in total. The van der Waals surface area contributed by atoms with Crippen LogP contribution >= 0.6 is 0 Å². The maximum Gasteiger partial charge on any atom is 0.339 e. The molecular formula is C15H14N2O3. The zero-order valence-electron chi connectivity index (χ0n) is 10.9. The summed E-state index contributed by atoms with van der Waals surface area (Å²) in [6.07, 6.45) is 2.52. The molecule has 0 aromatic heterocycles. The van der Waals surface area contributed by atoms with Gasteiger partial charge in [-0.05, 0) is 42.3 Å². The Morgan fingerprint density at radius 1 is 1.45 bits per heavy atom. The second-order valence-corrected chi connectivity index (χ2v) is 3.98. The van der Waals surface area contributed by atoms with Crippen LogP contribution in [0.15, 0.2) is 48.3 Å². The highest BCUT2D eigenvalue weighted by molar-refractivity contribution is 5.94. The summed E-state index contributed by atoms with van der Waals surface area (Å²) in [7, 11) is 0. The number of nitriles is 1. The predicted octanol–water partition coefficient (Wildman–Crippen LogP) is 2.63. The number of aliphatic hydroxyl groups is 1. The first kappa shape index (κ1) is 15.1. The summed E-state index contributed by atoms with van der Waals surface area (Å²) in [4.78, 5) is 11.1. The van der Waals surface area contributed by atoms with Crippen molar-refractivity contribution in [3.63, 3.8) is 0 Å². The Bertz CT molecular complexity index is 664. The van der Waals surface area contributed by atoms with E-state index in [1.807, 2.05) is 6.07 Å². The van der Waals surface area contributed by atoms with Gasteiger partial charge in [-0.3, -0.25) is 0 Å². The van der Waals surface area contributed by atoms with E-state index < -0.39 is 5.97 Å². The van der Waals surface area contributed by atoms with Gasteiger partial charge >= 0.3 is 5.97 Å². The van der Waals surface area contributed by atoms with E-state index in [1.54, 1.807) is 12.1 Å². The molecule has 5 heteroatoms. The van der Waals surface area contributed by atoms with Crippen molar-refractivity contribution in [2.24, 2.45) is 0 Å². The maximum atomic E-state index is 11.1. The van der Waals surface area contributed by atoms with E-state index in [9.17, 15) is 9.90 Å². The lowest BCUT2D eigenvalue weighted by atomic mass is 10.0. The lowest BCUT2D eigenvalue weighted by molar-refractivity contribution is -0.132.